The molecule has 0 saturated carbocycles. The molecule has 0 fully saturated rings. The summed E-state index contributed by atoms with van der Waals surface area (Å²) in [5.74, 6) is 1.34. The summed E-state index contributed by atoms with van der Waals surface area (Å²) in [5.41, 5.74) is 1.32. The Bertz CT molecular complexity index is 1290. The van der Waals surface area contributed by atoms with E-state index in [1.54, 1.807) is 12.3 Å². The average Bonchev–Trinajstić information content (AvgIpc) is 2.74. The van der Waals surface area contributed by atoms with Crippen LogP contribution in [0, 0.1) is 0 Å². The van der Waals surface area contributed by atoms with Gasteiger partial charge in [0.15, 0.2) is 0 Å². The first-order chi connectivity index (χ1) is 14.1. The first-order valence-electron chi connectivity index (χ1n) is 9.52. The van der Waals surface area contributed by atoms with E-state index in [0.717, 1.165) is 26.6 Å². The molecule has 0 N–H and O–H groups in total. The zero-order valence-corrected chi connectivity index (χ0v) is 17.8. The van der Waals surface area contributed by atoms with Crippen molar-refractivity contribution < 1.29 is 4.74 Å². The van der Waals surface area contributed by atoms with Gasteiger partial charge in [-0.05, 0) is 42.0 Å². The minimum absolute atomic E-state index is 0.192. The Hall–Kier alpha value is -2.99. The predicted octanol–water partition coefficient (Wildman–Crippen LogP) is 5.16. The second-order valence-electron chi connectivity index (χ2n) is 6.54. The third-order valence-corrected chi connectivity index (χ3v) is 5.22. The fraction of sp³-hybridized carbons (Fsp3) is 0.174. The van der Waals surface area contributed by atoms with E-state index in [2.05, 4.69) is 26.0 Å². The number of ether oxygens (including phenoxy) is 1. The number of aromatic nitrogens is 2. The summed E-state index contributed by atoms with van der Waals surface area (Å²) < 4.78 is 8.02. The normalized spacial score (nSPS) is 11.6. The Morgan fingerprint density at radius 2 is 1.93 bits per heavy atom. The second kappa shape index (κ2) is 8.17. The lowest BCUT2D eigenvalue weighted by Gasteiger charge is -2.11. The molecule has 6 heteroatoms. The standard InChI is InChI=1S/C23H20BrN3O2/c1-3-22-26-20-11-10-16(24)13-18(20)23(28)27(22)25-14-19-17-8-6-5-7-15(17)9-12-21(19)29-4-2/h5-14H,3-4H2,1-2H3. The van der Waals surface area contributed by atoms with E-state index in [0.29, 0.717) is 29.8 Å². The van der Waals surface area contributed by atoms with Crippen LogP contribution in [0.25, 0.3) is 21.7 Å². The molecular weight excluding hydrogens is 430 g/mol. The molecule has 0 aliphatic carbocycles. The van der Waals surface area contributed by atoms with Gasteiger partial charge in [0.1, 0.15) is 11.6 Å². The fourth-order valence-corrected chi connectivity index (χ4v) is 3.71. The lowest BCUT2D eigenvalue weighted by molar-refractivity contribution is 0.340. The van der Waals surface area contributed by atoms with E-state index in [1.165, 1.54) is 4.68 Å². The Morgan fingerprint density at radius 3 is 2.72 bits per heavy atom. The van der Waals surface area contributed by atoms with Crippen molar-refractivity contribution in [2.24, 2.45) is 5.10 Å². The number of hydrogen-bond donors (Lipinski definition) is 0. The summed E-state index contributed by atoms with van der Waals surface area (Å²) in [5, 5.41) is 7.17. The van der Waals surface area contributed by atoms with Crippen LogP contribution in [0.3, 0.4) is 0 Å². The molecule has 0 unspecified atom stereocenters. The Labute approximate surface area is 176 Å². The van der Waals surface area contributed by atoms with Crippen molar-refractivity contribution >= 4 is 43.8 Å². The molecule has 0 aliphatic heterocycles. The number of halogens is 1. The van der Waals surface area contributed by atoms with Crippen LogP contribution in [-0.4, -0.2) is 22.5 Å². The third-order valence-electron chi connectivity index (χ3n) is 4.72. The number of fused-ring (bicyclic) bond motifs is 2. The molecule has 5 nitrogen and oxygen atoms in total. The Balaban J connectivity index is 1.92. The maximum atomic E-state index is 13.1. The predicted molar refractivity (Wildman–Crippen MR) is 121 cm³/mol. The van der Waals surface area contributed by atoms with Crippen molar-refractivity contribution in [3.05, 3.63) is 80.8 Å². The molecule has 0 aliphatic rings. The van der Waals surface area contributed by atoms with Crippen LogP contribution >= 0.6 is 15.9 Å². The number of benzene rings is 3. The molecule has 4 rings (SSSR count). The van der Waals surface area contributed by atoms with Crippen LogP contribution in [-0.2, 0) is 6.42 Å². The quantitative estimate of drug-likeness (QED) is 0.395. The van der Waals surface area contributed by atoms with Crippen molar-refractivity contribution in [1.82, 2.24) is 9.66 Å². The first-order valence-corrected chi connectivity index (χ1v) is 10.3. The summed E-state index contributed by atoms with van der Waals surface area (Å²) in [6.07, 6.45) is 2.28. The number of aryl methyl sites for hydroxylation is 1. The fourth-order valence-electron chi connectivity index (χ4n) is 3.35. The Morgan fingerprint density at radius 1 is 1.10 bits per heavy atom. The SMILES string of the molecule is CCOc1ccc2ccccc2c1C=Nn1c(CC)nc2ccc(Br)cc2c1=O. The molecular formula is C23H20BrN3O2. The number of rotatable bonds is 5. The summed E-state index contributed by atoms with van der Waals surface area (Å²) in [6.45, 7) is 4.45. The van der Waals surface area contributed by atoms with Gasteiger partial charge in [-0.1, -0.05) is 53.2 Å². The molecule has 1 heterocycles. The highest BCUT2D eigenvalue weighted by molar-refractivity contribution is 9.10. The van der Waals surface area contributed by atoms with Gasteiger partial charge < -0.3 is 4.74 Å². The molecule has 0 spiro atoms. The largest absolute Gasteiger partial charge is 0.493 e. The molecule has 146 valence electrons. The van der Waals surface area contributed by atoms with E-state index < -0.39 is 0 Å². The van der Waals surface area contributed by atoms with Gasteiger partial charge in [-0.2, -0.15) is 9.78 Å². The molecule has 29 heavy (non-hydrogen) atoms. The van der Waals surface area contributed by atoms with Crippen molar-refractivity contribution in [3.8, 4) is 5.75 Å². The Kier molecular flexibility index (Phi) is 5.45. The van der Waals surface area contributed by atoms with Crippen molar-refractivity contribution in [2.75, 3.05) is 6.61 Å². The molecule has 0 atom stereocenters. The van der Waals surface area contributed by atoms with Crippen molar-refractivity contribution in [3.63, 3.8) is 0 Å². The van der Waals surface area contributed by atoms with Crippen LogP contribution in [0.4, 0.5) is 0 Å². The van der Waals surface area contributed by atoms with E-state index in [1.807, 2.05) is 62.4 Å². The van der Waals surface area contributed by atoms with Gasteiger partial charge in [0.25, 0.3) is 5.56 Å². The van der Waals surface area contributed by atoms with Gasteiger partial charge in [0, 0.05) is 16.5 Å². The molecule has 3 aromatic carbocycles. The van der Waals surface area contributed by atoms with Crippen LogP contribution in [0.5, 0.6) is 5.75 Å². The van der Waals surface area contributed by atoms with Crippen molar-refractivity contribution in [2.45, 2.75) is 20.3 Å². The van der Waals surface area contributed by atoms with Crippen LogP contribution < -0.4 is 10.3 Å². The van der Waals surface area contributed by atoms with Gasteiger partial charge >= 0.3 is 0 Å². The van der Waals surface area contributed by atoms with Gasteiger partial charge in [-0.25, -0.2) is 4.98 Å². The first kappa shape index (κ1) is 19.3. The highest BCUT2D eigenvalue weighted by Gasteiger charge is 2.11. The van der Waals surface area contributed by atoms with Crippen LogP contribution in [0.2, 0.25) is 0 Å². The number of nitrogens with zero attached hydrogens (tertiary/aromatic N) is 3. The maximum Gasteiger partial charge on any atom is 0.282 e. The van der Waals surface area contributed by atoms with E-state index >= 15 is 0 Å². The zero-order chi connectivity index (χ0) is 20.4. The van der Waals surface area contributed by atoms with Gasteiger partial charge in [0.2, 0.25) is 0 Å². The topological polar surface area (TPSA) is 56.5 Å². The molecule has 4 aromatic rings. The third kappa shape index (κ3) is 3.68. The van der Waals surface area contributed by atoms with E-state index in [-0.39, 0.29) is 5.56 Å². The van der Waals surface area contributed by atoms with Crippen LogP contribution in [0.1, 0.15) is 25.2 Å². The smallest absolute Gasteiger partial charge is 0.282 e. The van der Waals surface area contributed by atoms with E-state index in [4.69, 9.17) is 4.74 Å². The molecule has 0 saturated heterocycles. The maximum absolute atomic E-state index is 13.1. The van der Waals surface area contributed by atoms with Gasteiger partial charge in [-0.15, -0.1) is 0 Å². The van der Waals surface area contributed by atoms with Gasteiger partial charge in [0.05, 0.1) is 23.7 Å². The minimum atomic E-state index is -0.192. The zero-order valence-electron chi connectivity index (χ0n) is 16.2. The summed E-state index contributed by atoms with van der Waals surface area (Å²) in [6, 6.07) is 17.5. The second-order valence-corrected chi connectivity index (χ2v) is 7.45. The summed E-state index contributed by atoms with van der Waals surface area (Å²) >= 11 is 3.43. The molecule has 0 amide bonds. The van der Waals surface area contributed by atoms with Crippen molar-refractivity contribution in [1.29, 1.82) is 0 Å². The molecule has 1 aromatic heterocycles. The van der Waals surface area contributed by atoms with E-state index in [9.17, 15) is 4.79 Å². The highest BCUT2D eigenvalue weighted by Crippen LogP contribution is 2.27. The lowest BCUT2D eigenvalue weighted by Crippen LogP contribution is -2.22. The minimum Gasteiger partial charge on any atom is -0.493 e. The van der Waals surface area contributed by atoms with Gasteiger partial charge in [-0.3, -0.25) is 4.79 Å². The monoisotopic (exact) mass is 449 g/mol. The summed E-state index contributed by atoms with van der Waals surface area (Å²) in [7, 11) is 0. The average molecular weight is 450 g/mol. The molecule has 0 radical (unpaired) electrons. The highest BCUT2D eigenvalue weighted by atomic mass is 79.9. The van der Waals surface area contributed by atoms with Crippen LogP contribution in [0.15, 0.2) is 69.0 Å². The summed E-state index contributed by atoms with van der Waals surface area (Å²) in [4.78, 5) is 17.7. The lowest BCUT2D eigenvalue weighted by atomic mass is 10.0. The number of hydrogen-bond acceptors (Lipinski definition) is 4. The molecule has 0 bridgehead atoms.